The maximum atomic E-state index is 12.8. The van der Waals surface area contributed by atoms with Crippen LogP contribution in [0.4, 0.5) is 0 Å². The molecule has 6 heteroatoms. The van der Waals surface area contributed by atoms with Gasteiger partial charge in [-0.15, -0.1) is 0 Å². The van der Waals surface area contributed by atoms with Crippen LogP contribution in [0, 0.1) is 0 Å². The SMILES string of the molecule is CCCCCC/C=C\CCCCCCCC(=O)OC[C@@H](COC(=O)CCCCCCCCCCCCCCCCCCC)OC(=O)CCCCCCC/C=C\CCCCCC. The number of esters is 3. The Hall–Kier alpha value is -2.11. The first-order valence-electron chi connectivity index (χ1n) is 26.8. The fraction of sp³-hybridized carbons (Fsp3) is 0.873. The van der Waals surface area contributed by atoms with Crippen molar-refractivity contribution in [2.75, 3.05) is 13.2 Å². The molecule has 0 aromatic rings. The summed E-state index contributed by atoms with van der Waals surface area (Å²) in [6.07, 6.45) is 57.3. The van der Waals surface area contributed by atoms with Crippen molar-refractivity contribution in [3.63, 3.8) is 0 Å². The molecule has 0 aliphatic heterocycles. The summed E-state index contributed by atoms with van der Waals surface area (Å²) in [4.78, 5) is 38.0. The number of ether oxygens (including phenoxy) is 3. The molecule has 0 unspecified atom stereocenters. The fourth-order valence-electron chi connectivity index (χ4n) is 7.84. The van der Waals surface area contributed by atoms with E-state index in [4.69, 9.17) is 14.2 Å². The van der Waals surface area contributed by atoms with Gasteiger partial charge in [0.05, 0.1) is 0 Å². The molecule has 0 bridgehead atoms. The molecule has 1 atom stereocenters. The Morgan fingerprint density at radius 2 is 0.541 bits per heavy atom. The standard InChI is InChI=1S/C55H102O6/c1-4-7-10-13-16-19-22-25-26-27-28-31-33-36-39-42-45-48-54(57)60-51-52(61-55(58)49-46-43-40-37-34-30-24-21-18-15-12-9-6-3)50-59-53(56)47-44-41-38-35-32-29-23-20-17-14-11-8-5-2/h20-21,23-24,52H,4-19,22,25-51H2,1-3H3/b23-20-,24-21-/t52-/m0/s1. The molecule has 0 radical (unpaired) electrons. The van der Waals surface area contributed by atoms with Crippen LogP contribution in [-0.2, 0) is 28.6 Å². The van der Waals surface area contributed by atoms with Crippen molar-refractivity contribution in [3.05, 3.63) is 24.3 Å². The van der Waals surface area contributed by atoms with Gasteiger partial charge in [-0.25, -0.2) is 0 Å². The molecule has 0 rings (SSSR count). The Kier molecular flexibility index (Phi) is 48.8. The monoisotopic (exact) mass is 859 g/mol. The number of unbranched alkanes of at least 4 members (excludes halogenated alkanes) is 34. The fourth-order valence-corrected chi connectivity index (χ4v) is 7.84. The maximum absolute atomic E-state index is 12.8. The Labute approximate surface area is 379 Å². The van der Waals surface area contributed by atoms with Gasteiger partial charge in [0.25, 0.3) is 0 Å². The third-order valence-electron chi connectivity index (χ3n) is 11.9. The van der Waals surface area contributed by atoms with Crippen molar-refractivity contribution in [1.82, 2.24) is 0 Å². The predicted octanol–water partition coefficient (Wildman–Crippen LogP) is 17.5. The van der Waals surface area contributed by atoms with Gasteiger partial charge in [-0.2, -0.15) is 0 Å². The van der Waals surface area contributed by atoms with Crippen molar-refractivity contribution in [1.29, 1.82) is 0 Å². The minimum Gasteiger partial charge on any atom is -0.462 e. The quantitative estimate of drug-likeness (QED) is 0.0262. The van der Waals surface area contributed by atoms with E-state index in [1.807, 2.05) is 0 Å². The first-order valence-corrected chi connectivity index (χ1v) is 26.8. The zero-order valence-corrected chi connectivity index (χ0v) is 40.9. The molecule has 0 aromatic carbocycles. The normalized spacial score (nSPS) is 12.1. The van der Waals surface area contributed by atoms with Gasteiger partial charge in [-0.05, 0) is 70.6 Å². The van der Waals surface area contributed by atoms with Crippen molar-refractivity contribution < 1.29 is 28.6 Å². The molecule has 0 fully saturated rings. The number of allylic oxidation sites excluding steroid dienone is 4. The summed E-state index contributed by atoms with van der Waals surface area (Å²) < 4.78 is 16.8. The van der Waals surface area contributed by atoms with Crippen LogP contribution in [0.15, 0.2) is 24.3 Å². The number of carbonyl (C=O) groups is 3. The van der Waals surface area contributed by atoms with E-state index in [1.165, 1.54) is 180 Å². The van der Waals surface area contributed by atoms with Crippen LogP contribution in [0.2, 0.25) is 0 Å². The highest BCUT2D eigenvalue weighted by molar-refractivity contribution is 5.71. The van der Waals surface area contributed by atoms with Crippen LogP contribution in [0.5, 0.6) is 0 Å². The molecule has 0 aliphatic rings. The van der Waals surface area contributed by atoms with Gasteiger partial charge in [0.1, 0.15) is 13.2 Å². The Morgan fingerprint density at radius 1 is 0.311 bits per heavy atom. The summed E-state index contributed by atoms with van der Waals surface area (Å²) in [6, 6.07) is 0. The summed E-state index contributed by atoms with van der Waals surface area (Å²) in [7, 11) is 0. The van der Waals surface area contributed by atoms with E-state index >= 15 is 0 Å². The van der Waals surface area contributed by atoms with Crippen molar-refractivity contribution in [3.8, 4) is 0 Å². The van der Waals surface area contributed by atoms with Crippen LogP contribution in [-0.4, -0.2) is 37.2 Å². The molecule has 0 aliphatic carbocycles. The second kappa shape index (κ2) is 50.5. The molecule has 6 nitrogen and oxygen atoms in total. The summed E-state index contributed by atoms with van der Waals surface area (Å²) in [5, 5.41) is 0. The van der Waals surface area contributed by atoms with Crippen LogP contribution in [0.3, 0.4) is 0 Å². The van der Waals surface area contributed by atoms with E-state index in [9.17, 15) is 14.4 Å². The molecule has 358 valence electrons. The number of carbonyl (C=O) groups excluding carboxylic acids is 3. The minimum atomic E-state index is -0.774. The summed E-state index contributed by atoms with van der Waals surface area (Å²) >= 11 is 0. The zero-order chi connectivity index (χ0) is 44.4. The molecule has 0 N–H and O–H groups in total. The molecule has 0 amide bonds. The first kappa shape index (κ1) is 58.9. The second-order valence-corrected chi connectivity index (χ2v) is 18.1. The highest BCUT2D eigenvalue weighted by atomic mass is 16.6. The van der Waals surface area contributed by atoms with Crippen molar-refractivity contribution >= 4 is 17.9 Å². The first-order chi connectivity index (χ1) is 30.0. The van der Waals surface area contributed by atoms with Crippen LogP contribution < -0.4 is 0 Å². The van der Waals surface area contributed by atoms with E-state index in [1.54, 1.807) is 0 Å². The number of hydrogen-bond acceptors (Lipinski definition) is 6. The van der Waals surface area contributed by atoms with E-state index < -0.39 is 6.10 Å². The van der Waals surface area contributed by atoms with E-state index in [0.717, 1.165) is 70.6 Å². The average molecular weight is 859 g/mol. The Morgan fingerprint density at radius 3 is 0.836 bits per heavy atom. The predicted molar refractivity (Wildman–Crippen MR) is 261 cm³/mol. The lowest BCUT2D eigenvalue weighted by molar-refractivity contribution is -0.167. The van der Waals surface area contributed by atoms with Gasteiger partial charge in [-0.3, -0.25) is 14.4 Å². The lowest BCUT2D eigenvalue weighted by atomic mass is 10.0. The molecule has 0 aromatic heterocycles. The van der Waals surface area contributed by atoms with E-state index in [0.29, 0.717) is 19.3 Å². The number of rotatable bonds is 49. The second-order valence-electron chi connectivity index (χ2n) is 18.1. The van der Waals surface area contributed by atoms with E-state index in [-0.39, 0.29) is 31.1 Å². The van der Waals surface area contributed by atoms with Gasteiger partial charge < -0.3 is 14.2 Å². The minimum absolute atomic E-state index is 0.0733. The molecular weight excluding hydrogens is 757 g/mol. The summed E-state index contributed by atoms with van der Waals surface area (Å²) in [5.74, 6) is -0.877. The lowest BCUT2D eigenvalue weighted by Crippen LogP contribution is -2.30. The molecule has 61 heavy (non-hydrogen) atoms. The van der Waals surface area contributed by atoms with Gasteiger partial charge >= 0.3 is 17.9 Å². The van der Waals surface area contributed by atoms with Crippen LogP contribution in [0.1, 0.15) is 290 Å². The molecule has 0 spiro atoms. The average Bonchev–Trinajstić information content (AvgIpc) is 3.26. The third-order valence-corrected chi connectivity index (χ3v) is 11.9. The van der Waals surface area contributed by atoms with Gasteiger partial charge in [0.2, 0.25) is 0 Å². The molecule has 0 saturated carbocycles. The summed E-state index contributed by atoms with van der Waals surface area (Å²) in [5.41, 5.74) is 0. The van der Waals surface area contributed by atoms with Crippen LogP contribution >= 0.6 is 0 Å². The highest BCUT2D eigenvalue weighted by Gasteiger charge is 2.19. The van der Waals surface area contributed by atoms with E-state index in [2.05, 4.69) is 45.1 Å². The zero-order valence-electron chi connectivity index (χ0n) is 40.9. The third kappa shape index (κ3) is 48.8. The molecule has 0 saturated heterocycles. The lowest BCUT2D eigenvalue weighted by Gasteiger charge is -2.18. The van der Waals surface area contributed by atoms with Crippen molar-refractivity contribution in [2.24, 2.45) is 0 Å². The summed E-state index contributed by atoms with van der Waals surface area (Å²) in [6.45, 7) is 6.63. The van der Waals surface area contributed by atoms with Gasteiger partial charge in [0, 0.05) is 19.3 Å². The van der Waals surface area contributed by atoms with Gasteiger partial charge in [0.15, 0.2) is 6.10 Å². The topological polar surface area (TPSA) is 78.9 Å². The van der Waals surface area contributed by atoms with Crippen molar-refractivity contribution in [2.45, 2.75) is 297 Å². The van der Waals surface area contributed by atoms with Crippen LogP contribution in [0.25, 0.3) is 0 Å². The Bertz CT molecular complexity index is 989. The molecular formula is C55H102O6. The largest absolute Gasteiger partial charge is 0.462 e. The highest BCUT2D eigenvalue weighted by Crippen LogP contribution is 2.16. The number of hydrogen-bond donors (Lipinski definition) is 0. The van der Waals surface area contributed by atoms with Gasteiger partial charge in [-0.1, -0.05) is 225 Å². The Balaban J connectivity index is 4.33. The molecule has 0 heterocycles. The smallest absolute Gasteiger partial charge is 0.306 e. The maximum Gasteiger partial charge on any atom is 0.306 e.